The lowest BCUT2D eigenvalue weighted by Crippen LogP contribution is -2.23. The second-order valence-electron chi connectivity index (χ2n) is 3.94. The van der Waals surface area contributed by atoms with Crippen LogP contribution < -0.4 is 4.72 Å². The normalized spacial score (nSPS) is 12.1. The van der Waals surface area contributed by atoms with Crippen LogP contribution in [-0.4, -0.2) is 15.0 Å². The number of rotatable bonds is 4. The van der Waals surface area contributed by atoms with Gasteiger partial charge in [0.2, 0.25) is 10.0 Å². The maximum absolute atomic E-state index is 11.8. The third-order valence-corrected chi connectivity index (χ3v) is 4.92. The molecule has 0 aliphatic heterocycles. The molecule has 1 aromatic carbocycles. The third-order valence-electron chi connectivity index (χ3n) is 2.32. The molecule has 0 spiro atoms. The molecule has 1 N–H and O–H groups in total. The zero-order valence-corrected chi connectivity index (χ0v) is 12.2. The topological polar surface area (TPSA) is 46.2 Å². The average molecular weight is 296 g/mol. The third kappa shape index (κ3) is 3.13. The van der Waals surface area contributed by atoms with E-state index in [4.69, 9.17) is 23.2 Å². The van der Waals surface area contributed by atoms with Crippen LogP contribution in [0.4, 0.5) is 0 Å². The van der Waals surface area contributed by atoms with Crippen molar-refractivity contribution in [2.45, 2.75) is 31.6 Å². The molecular weight excluding hydrogens is 281 g/mol. The smallest absolute Gasteiger partial charge is 0.211 e. The molecule has 0 heterocycles. The summed E-state index contributed by atoms with van der Waals surface area (Å²) in [4.78, 5) is 0.0235. The summed E-state index contributed by atoms with van der Waals surface area (Å²) >= 11 is 12.1. The van der Waals surface area contributed by atoms with Crippen LogP contribution in [-0.2, 0) is 10.0 Å². The molecule has 1 rings (SSSR count). The van der Waals surface area contributed by atoms with E-state index in [1.54, 1.807) is 13.0 Å². The first kappa shape index (κ1) is 14.8. The highest BCUT2D eigenvalue weighted by Crippen LogP contribution is 2.35. The average Bonchev–Trinajstić information content (AvgIpc) is 2.20. The number of hydrogen-bond donors (Lipinski definition) is 1. The summed E-state index contributed by atoms with van der Waals surface area (Å²) in [6.07, 6.45) is 0. The van der Waals surface area contributed by atoms with E-state index in [9.17, 15) is 8.42 Å². The number of halogens is 2. The summed E-state index contributed by atoms with van der Waals surface area (Å²) in [6, 6.07) is 3.19. The van der Waals surface area contributed by atoms with Crippen molar-refractivity contribution in [3.63, 3.8) is 0 Å². The van der Waals surface area contributed by atoms with E-state index in [0.29, 0.717) is 11.6 Å². The molecule has 0 radical (unpaired) electrons. The largest absolute Gasteiger partial charge is 0.242 e. The Kier molecular flexibility index (Phi) is 4.84. The van der Waals surface area contributed by atoms with Crippen molar-refractivity contribution in [2.75, 3.05) is 6.54 Å². The maximum Gasteiger partial charge on any atom is 0.242 e. The van der Waals surface area contributed by atoms with Crippen LogP contribution in [0.3, 0.4) is 0 Å². The molecule has 0 bridgehead atoms. The summed E-state index contributed by atoms with van der Waals surface area (Å²) in [5, 5.41) is 0.388. The molecule has 0 aliphatic carbocycles. The standard InChI is InChI=1S/C11H15Cl2NO2S/c1-4-14-17(15,16)9-6-5-8(7(2)3)10(12)11(9)13/h5-7,14H,4H2,1-3H3. The monoisotopic (exact) mass is 295 g/mol. The van der Waals surface area contributed by atoms with Gasteiger partial charge in [0.25, 0.3) is 0 Å². The van der Waals surface area contributed by atoms with Gasteiger partial charge < -0.3 is 0 Å². The number of nitrogens with one attached hydrogen (secondary N) is 1. The van der Waals surface area contributed by atoms with Crippen LogP contribution in [0, 0.1) is 0 Å². The van der Waals surface area contributed by atoms with E-state index >= 15 is 0 Å². The van der Waals surface area contributed by atoms with Crippen LogP contribution in [0.2, 0.25) is 10.0 Å². The fourth-order valence-corrected chi connectivity index (χ4v) is 3.50. The van der Waals surface area contributed by atoms with Gasteiger partial charge in [-0.25, -0.2) is 13.1 Å². The van der Waals surface area contributed by atoms with Gasteiger partial charge in [-0.2, -0.15) is 0 Å². The Bertz CT molecular complexity index is 512. The van der Waals surface area contributed by atoms with Gasteiger partial charge in [0, 0.05) is 6.54 Å². The Labute approximate surface area is 112 Å². The fraction of sp³-hybridized carbons (Fsp3) is 0.455. The molecule has 0 amide bonds. The lowest BCUT2D eigenvalue weighted by atomic mass is 10.0. The van der Waals surface area contributed by atoms with Crippen LogP contribution in [0.15, 0.2) is 17.0 Å². The van der Waals surface area contributed by atoms with E-state index in [2.05, 4.69) is 4.72 Å². The molecular formula is C11H15Cl2NO2S. The number of benzene rings is 1. The zero-order chi connectivity index (χ0) is 13.2. The summed E-state index contributed by atoms with van der Waals surface area (Å²) in [7, 11) is -3.57. The van der Waals surface area contributed by atoms with Gasteiger partial charge in [-0.15, -0.1) is 0 Å². The second-order valence-corrected chi connectivity index (χ2v) is 6.43. The predicted octanol–water partition coefficient (Wildman–Crippen LogP) is 3.42. The summed E-state index contributed by atoms with van der Waals surface area (Å²) in [6.45, 7) is 5.95. The Morgan fingerprint density at radius 2 is 1.82 bits per heavy atom. The van der Waals surface area contributed by atoms with E-state index in [-0.39, 0.29) is 15.8 Å². The van der Waals surface area contributed by atoms with E-state index < -0.39 is 10.0 Å². The minimum Gasteiger partial charge on any atom is -0.211 e. The van der Waals surface area contributed by atoms with Gasteiger partial charge in [-0.3, -0.25) is 0 Å². The van der Waals surface area contributed by atoms with Crippen molar-refractivity contribution in [3.8, 4) is 0 Å². The molecule has 0 fully saturated rings. The van der Waals surface area contributed by atoms with E-state index in [1.807, 2.05) is 13.8 Å². The molecule has 1 aromatic rings. The van der Waals surface area contributed by atoms with Gasteiger partial charge in [0.05, 0.1) is 10.0 Å². The van der Waals surface area contributed by atoms with Crippen molar-refractivity contribution in [1.29, 1.82) is 0 Å². The quantitative estimate of drug-likeness (QED) is 0.925. The molecule has 0 aliphatic rings. The SMILES string of the molecule is CCNS(=O)(=O)c1ccc(C(C)C)c(Cl)c1Cl. The minimum atomic E-state index is -3.57. The highest BCUT2D eigenvalue weighted by molar-refractivity contribution is 7.89. The van der Waals surface area contributed by atoms with Crippen molar-refractivity contribution >= 4 is 33.2 Å². The van der Waals surface area contributed by atoms with E-state index in [1.165, 1.54) is 6.07 Å². The van der Waals surface area contributed by atoms with E-state index in [0.717, 1.165) is 5.56 Å². The number of hydrogen-bond acceptors (Lipinski definition) is 2. The molecule has 0 unspecified atom stereocenters. The minimum absolute atomic E-state index is 0.0235. The van der Waals surface area contributed by atoms with Crippen LogP contribution in [0.1, 0.15) is 32.3 Å². The van der Waals surface area contributed by atoms with Crippen molar-refractivity contribution < 1.29 is 8.42 Å². The van der Waals surface area contributed by atoms with Gasteiger partial charge in [-0.05, 0) is 17.5 Å². The Morgan fingerprint density at radius 1 is 1.24 bits per heavy atom. The van der Waals surface area contributed by atoms with Crippen LogP contribution in [0.5, 0.6) is 0 Å². The Hall–Kier alpha value is -0.290. The van der Waals surface area contributed by atoms with Crippen LogP contribution in [0.25, 0.3) is 0 Å². The molecule has 96 valence electrons. The molecule has 0 saturated heterocycles. The highest BCUT2D eigenvalue weighted by atomic mass is 35.5. The molecule has 6 heteroatoms. The number of sulfonamides is 1. The fourth-order valence-electron chi connectivity index (χ4n) is 1.47. The summed E-state index contributed by atoms with van der Waals surface area (Å²) < 4.78 is 26.0. The molecule has 3 nitrogen and oxygen atoms in total. The van der Waals surface area contributed by atoms with Gasteiger partial charge >= 0.3 is 0 Å². The maximum atomic E-state index is 11.8. The van der Waals surface area contributed by atoms with Crippen molar-refractivity contribution in [1.82, 2.24) is 4.72 Å². The molecule has 17 heavy (non-hydrogen) atoms. The van der Waals surface area contributed by atoms with Crippen LogP contribution >= 0.6 is 23.2 Å². The first-order valence-electron chi connectivity index (χ1n) is 5.28. The van der Waals surface area contributed by atoms with Gasteiger partial charge in [-0.1, -0.05) is 50.0 Å². The van der Waals surface area contributed by atoms with Crippen molar-refractivity contribution in [3.05, 3.63) is 27.7 Å². The first-order valence-corrected chi connectivity index (χ1v) is 7.52. The summed E-state index contributed by atoms with van der Waals surface area (Å²) in [5.74, 6) is 0.191. The highest BCUT2D eigenvalue weighted by Gasteiger charge is 2.21. The Balaban J connectivity index is 3.36. The molecule has 0 atom stereocenters. The predicted molar refractivity (Wildman–Crippen MR) is 71.4 cm³/mol. The lowest BCUT2D eigenvalue weighted by molar-refractivity contribution is 0.584. The second kappa shape index (κ2) is 5.57. The zero-order valence-electron chi connectivity index (χ0n) is 9.92. The molecule has 0 aromatic heterocycles. The van der Waals surface area contributed by atoms with Gasteiger partial charge in [0.1, 0.15) is 4.90 Å². The van der Waals surface area contributed by atoms with Crippen molar-refractivity contribution in [2.24, 2.45) is 0 Å². The summed E-state index contributed by atoms with van der Waals surface area (Å²) in [5.41, 5.74) is 0.840. The van der Waals surface area contributed by atoms with Gasteiger partial charge in [0.15, 0.2) is 0 Å². The molecule has 0 saturated carbocycles. The lowest BCUT2D eigenvalue weighted by Gasteiger charge is -2.13. The Morgan fingerprint density at radius 3 is 2.29 bits per heavy atom. The first-order chi connectivity index (χ1) is 7.81.